The normalized spacial score (nSPS) is 8.12. The number of carboxylic acids is 1. The molecule has 0 aromatic rings. The quantitative estimate of drug-likeness (QED) is 0.213. The van der Waals surface area contributed by atoms with E-state index in [1.807, 2.05) is 0 Å². The Morgan fingerprint density at radius 3 is 2.38 bits per heavy atom. The summed E-state index contributed by atoms with van der Waals surface area (Å²) in [5.41, 5.74) is 0. The first-order chi connectivity index (χ1) is 3.27. The first-order valence-electron chi connectivity index (χ1n) is 1.67. The summed E-state index contributed by atoms with van der Waals surface area (Å²) in [4.78, 5) is 9.48. The van der Waals surface area contributed by atoms with Gasteiger partial charge in [-0.15, -0.1) is 0 Å². The second kappa shape index (κ2) is 7.01. The Bertz CT molecular complexity index is 89.3. The van der Waals surface area contributed by atoms with Crippen LogP contribution >= 0.6 is 0 Å². The van der Waals surface area contributed by atoms with Crippen LogP contribution in [0.15, 0.2) is 12.3 Å². The summed E-state index contributed by atoms with van der Waals surface area (Å²) in [5, 5.41) is 9.48. The third-order valence-electron chi connectivity index (χ3n) is 0.340. The summed E-state index contributed by atoms with van der Waals surface area (Å²) in [6.45, 7) is 0. The van der Waals surface area contributed by atoms with Crippen LogP contribution in [0, 0.1) is 0 Å². The van der Waals surface area contributed by atoms with Crippen molar-refractivity contribution in [2.45, 2.75) is 0 Å². The minimum absolute atomic E-state index is 0. The van der Waals surface area contributed by atoms with E-state index < -0.39 is 5.97 Å². The Labute approximate surface area is 69.6 Å². The van der Waals surface area contributed by atoms with Crippen LogP contribution in [-0.2, 0) is 9.53 Å². The van der Waals surface area contributed by atoms with E-state index in [1.54, 1.807) is 0 Å². The van der Waals surface area contributed by atoms with E-state index in [1.165, 1.54) is 7.11 Å². The minimum Gasteiger partial charge on any atom is -0.545 e. The van der Waals surface area contributed by atoms with Gasteiger partial charge in [-0.3, -0.25) is 0 Å². The number of carbonyl (C=O) groups is 1. The SMILES string of the molecule is COC=CC(=O)[O-].[Na+]. The fourth-order valence-electron chi connectivity index (χ4n) is 0.124. The van der Waals surface area contributed by atoms with Crippen LogP contribution in [0.2, 0.25) is 0 Å². The molecular formula is C4H5NaO3. The van der Waals surface area contributed by atoms with E-state index in [0.29, 0.717) is 0 Å². The Balaban J connectivity index is 0. The zero-order valence-corrected chi connectivity index (χ0v) is 6.88. The van der Waals surface area contributed by atoms with Crippen molar-refractivity contribution in [1.82, 2.24) is 0 Å². The maximum absolute atomic E-state index is 9.48. The first kappa shape index (κ1) is 10.9. The average Bonchev–Trinajstić information content (AvgIpc) is 1.61. The molecule has 0 aliphatic rings. The van der Waals surface area contributed by atoms with Crippen molar-refractivity contribution >= 4 is 5.97 Å². The molecule has 0 aliphatic carbocycles. The van der Waals surface area contributed by atoms with Crippen molar-refractivity contribution < 1.29 is 44.2 Å². The zero-order valence-electron chi connectivity index (χ0n) is 4.88. The van der Waals surface area contributed by atoms with Crippen molar-refractivity contribution in [3.63, 3.8) is 0 Å². The van der Waals surface area contributed by atoms with Gasteiger partial charge in [-0.2, -0.15) is 0 Å². The van der Waals surface area contributed by atoms with Crippen LogP contribution in [-0.4, -0.2) is 13.1 Å². The molecule has 0 aromatic heterocycles. The zero-order chi connectivity index (χ0) is 5.70. The summed E-state index contributed by atoms with van der Waals surface area (Å²) in [6, 6.07) is 0. The molecule has 0 heterocycles. The van der Waals surface area contributed by atoms with Gasteiger partial charge in [0.25, 0.3) is 0 Å². The summed E-state index contributed by atoms with van der Waals surface area (Å²) in [7, 11) is 1.36. The molecule has 0 radical (unpaired) electrons. The van der Waals surface area contributed by atoms with E-state index in [2.05, 4.69) is 4.74 Å². The molecule has 0 atom stereocenters. The third-order valence-corrected chi connectivity index (χ3v) is 0.340. The second-order valence-electron chi connectivity index (χ2n) is 0.857. The van der Waals surface area contributed by atoms with E-state index >= 15 is 0 Å². The van der Waals surface area contributed by atoms with Crippen LogP contribution in [0.5, 0.6) is 0 Å². The van der Waals surface area contributed by atoms with Gasteiger partial charge in [0.2, 0.25) is 0 Å². The number of hydrogen-bond acceptors (Lipinski definition) is 3. The number of hydrogen-bond donors (Lipinski definition) is 0. The van der Waals surface area contributed by atoms with E-state index in [0.717, 1.165) is 12.3 Å². The molecule has 4 heteroatoms. The van der Waals surface area contributed by atoms with Crippen LogP contribution in [0.25, 0.3) is 0 Å². The Morgan fingerprint density at radius 2 is 2.25 bits per heavy atom. The molecule has 0 unspecified atom stereocenters. The molecule has 0 bridgehead atoms. The predicted molar refractivity (Wildman–Crippen MR) is 21.2 cm³/mol. The van der Waals surface area contributed by atoms with Crippen molar-refractivity contribution in [3.8, 4) is 0 Å². The fraction of sp³-hybridized carbons (Fsp3) is 0.250. The topological polar surface area (TPSA) is 49.4 Å². The molecule has 0 aliphatic heterocycles. The van der Waals surface area contributed by atoms with Gasteiger partial charge >= 0.3 is 29.6 Å². The minimum atomic E-state index is -1.25. The first-order valence-corrected chi connectivity index (χ1v) is 1.67. The fourth-order valence-corrected chi connectivity index (χ4v) is 0.124. The number of rotatable bonds is 2. The summed E-state index contributed by atoms with van der Waals surface area (Å²) >= 11 is 0. The molecule has 0 saturated heterocycles. The molecule has 0 spiro atoms. The number of methoxy groups -OCH3 is 1. The molecule has 0 aromatic carbocycles. The maximum Gasteiger partial charge on any atom is 1.00 e. The second-order valence-corrected chi connectivity index (χ2v) is 0.857. The van der Waals surface area contributed by atoms with Crippen LogP contribution < -0.4 is 34.7 Å². The Morgan fingerprint density at radius 1 is 1.75 bits per heavy atom. The molecule has 0 N–H and O–H groups in total. The van der Waals surface area contributed by atoms with Crippen molar-refractivity contribution in [2.24, 2.45) is 0 Å². The summed E-state index contributed by atoms with van der Waals surface area (Å²) in [5.74, 6) is -1.25. The molecule has 0 fully saturated rings. The number of carbonyl (C=O) groups excluding carboxylic acids is 1. The summed E-state index contributed by atoms with van der Waals surface area (Å²) < 4.78 is 4.25. The average molecular weight is 124 g/mol. The van der Waals surface area contributed by atoms with Gasteiger partial charge in [-0.1, -0.05) is 0 Å². The van der Waals surface area contributed by atoms with Crippen molar-refractivity contribution in [2.75, 3.05) is 7.11 Å². The van der Waals surface area contributed by atoms with E-state index in [9.17, 15) is 9.90 Å². The van der Waals surface area contributed by atoms with Gasteiger partial charge in [0.1, 0.15) is 0 Å². The van der Waals surface area contributed by atoms with Gasteiger partial charge < -0.3 is 14.6 Å². The smallest absolute Gasteiger partial charge is 0.545 e. The van der Waals surface area contributed by atoms with Crippen LogP contribution in [0.3, 0.4) is 0 Å². The van der Waals surface area contributed by atoms with E-state index in [-0.39, 0.29) is 29.6 Å². The molecule has 0 saturated carbocycles. The van der Waals surface area contributed by atoms with Crippen LogP contribution in [0.4, 0.5) is 0 Å². The third kappa shape index (κ3) is 9.38. The van der Waals surface area contributed by atoms with Gasteiger partial charge in [0.15, 0.2) is 0 Å². The monoisotopic (exact) mass is 124 g/mol. The molecule has 8 heavy (non-hydrogen) atoms. The van der Waals surface area contributed by atoms with Crippen molar-refractivity contribution in [3.05, 3.63) is 12.3 Å². The Kier molecular flexibility index (Phi) is 9.55. The maximum atomic E-state index is 9.48. The number of aliphatic carboxylic acids is 1. The van der Waals surface area contributed by atoms with Crippen molar-refractivity contribution in [1.29, 1.82) is 0 Å². The van der Waals surface area contributed by atoms with Gasteiger partial charge in [0.05, 0.1) is 19.3 Å². The van der Waals surface area contributed by atoms with Crippen LogP contribution in [0.1, 0.15) is 0 Å². The molecule has 0 rings (SSSR count). The number of ether oxygens (including phenoxy) is 1. The molecule has 40 valence electrons. The van der Waals surface area contributed by atoms with E-state index in [4.69, 9.17) is 0 Å². The summed E-state index contributed by atoms with van der Waals surface area (Å²) in [6.07, 6.45) is 1.84. The molecule has 0 amide bonds. The standard InChI is InChI=1S/C4H6O3.Na/c1-7-3-2-4(5)6;/h2-3H,1H3,(H,5,6);/q;+1/p-1. The van der Waals surface area contributed by atoms with Gasteiger partial charge in [0, 0.05) is 0 Å². The number of carboxylic acid groups (broad SMARTS) is 1. The molecular weight excluding hydrogens is 119 g/mol. The van der Waals surface area contributed by atoms with Gasteiger partial charge in [-0.05, 0) is 6.08 Å². The molecule has 3 nitrogen and oxygen atoms in total. The van der Waals surface area contributed by atoms with Gasteiger partial charge in [-0.25, -0.2) is 0 Å². The predicted octanol–water partition coefficient (Wildman–Crippen LogP) is -4.10. The Hall–Kier alpha value is 0.0100. The largest absolute Gasteiger partial charge is 1.00 e.